The second-order valence-electron chi connectivity index (χ2n) is 4.83. The number of sulfone groups is 1. The minimum Gasteiger partial charge on any atom is -0.497 e. The topological polar surface area (TPSA) is 69.4 Å². The van der Waals surface area contributed by atoms with E-state index < -0.39 is 9.84 Å². The SMILES string of the molecule is CCc1ccc(CS(=O)(=O)c2cc(OC)ccc2N)cc1. The predicted molar refractivity (Wildman–Crippen MR) is 84.1 cm³/mol. The first-order chi connectivity index (χ1) is 9.96. The van der Waals surface area contributed by atoms with Crippen molar-refractivity contribution in [3.8, 4) is 5.75 Å². The van der Waals surface area contributed by atoms with Gasteiger partial charge in [-0.1, -0.05) is 31.2 Å². The van der Waals surface area contributed by atoms with Crippen molar-refractivity contribution in [1.82, 2.24) is 0 Å². The van der Waals surface area contributed by atoms with Crippen LogP contribution in [0.5, 0.6) is 5.75 Å². The lowest BCUT2D eigenvalue weighted by atomic mass is 10.1. The van der Waals surface area contributed by atoms with Gasteiger partial charge in [-0.2, -0.15) is 0 Å². The summed E-state index contributed by atoms with van der Waals surface area (Å²) in [5.41, 5.74) is 7.95. The first kappa shape index (κ1) is 15.4. The van der Waals surface area contributed by atoms with Gasteiger partial charge in [-0.3, -0.25) is 0 Å². The van der Waals surface area contributed by atoms with E-state index in [1.54, 1.807) is 12.1 Å². The molecule has 0 spiro atoms. The lowest BCUT2D eigenvalue weighted by Gasteiger charge is -2.10. The Morgan fingerprint density at radius 3 is 2.24 bits per heavy atom. The third kappa shape index (κ3) is 3.55. The Bertz CT molecular complexity index is 722. The van der Waals surface area contributed by atoms with Gasteiger partial charge in [0, 0.05) is 6.07 Å². The molecule has 21 heavy (non-hydrogen) atoms. The third-order valence-electron chi connectivity index (χ3n) is 3.34. The zero-order valence-electron chi connectivity index (χ0n) is 12.2. The molecule has 112 valence electrons. The Kier molecular flexibility index (Phi) is 4.53. The van der Waals surface area contributed by atoms with Gasteiger partial charge in [0.15, 0.2) is 9.84 Å². The normalized spacial score (nSPS) is 11.3. The Morgan fingerprint density at radius 2 is 1.67 bits per heavy atom. The van der Waals surface area contributed by atoms with Crippen molar-refractivity contribution in [3.05, 3.63) is 53.6 Å². The number of anilines is 1. The maximum atomic E-state index is 12.5. The fourth-order valence-electron chi connectivity index (χ4n) is 2.08. The molecule has 2 aromatic rings. The Balaban J connectivity index is 2.33. The molecule has 0 aromatic heterocycles. The van der Waals surface area contributed by atoms with Crippen molar-refractivity contribution in [3.63, 3.8) is 0 Å². The van der Waals surface area contributed by atoms with Crippen LogP contribution in [0, 0.1) is 0 Å². The average molecular weight is 305 g/mol. The molecule has 0 aliphatic carbocycles. The number of hydrogen-bond acceptors (Lipinski definition) is 4. The molecule has 0 radical (unpaired) electrons. The summed E-state index contributed by atoms with van der Waals surface area (Å²) in [4.78, 5) is 0.112. The summed E-state index contributed by atoms with van der Waals surface area (Å²) >= 11 is 0. The molecule has 0 aliphatic heterocycles. The van der Waals surface area contributed by atoms with E-state index in [2.05, 4.69) is 6.92 Å². The molecule has 0 amide bonds. The number of rotatable bonds is 5. The summed E-state index contributed by atoms with van der Waals surface area (Å²) in [5.74, 6) is 0.401. The van der Waals surface area contributed by atoms with Crippen LogP contribution in [0.25, 0.3) is 0 Å². The molecule has 2 aromatic carbocycles. The lowest BCUT2D eigenvalue weighted by Crippen LogP contribution is -2.08. The van der Waals surface area contributed by atoms with Crippen LogP contribution in [0.4, 0.5) is 5.69 Å². The molecule has 5 heteroatoms. The molecule has 0 bridgehead atoms. The van der Waals surface area contributed by atoms with E-state index in [1.165, 1.54) is 18.7 Å². The van der Waals surface area contributed by atoms with Gasteiger partial charge in [-0.05, 0) is 29.7 Å². The van der Waals surface area contributed by atoms with Crippen molar-refractivity contribution < 1.29 is 13.2 Å². The number of hydrogen-bond donors (Lipinski definition) is 1. The highest BCUT2D eigenvalue weighted by Crippen LogP contribution is 2.27. The van der Waals surface area contributed by atoms with Gasteiger partial charge in [0.1, 0.15) is 5.75 Å². The minimum atomic E-state index is -3.50. The van der Waals surface area contributed by atoms with Crippen LogP contribution in [0.3, 0.4) is 0 Å². The number of nitrogen functional groups attached to an aromatic ring is 1. The van der Waals surface area contributed by atoms with E-state index >= 15 is 0 Å². The van der Waals surface area contributed by atoms with E-state index in [4.69, 9.17) is 10.5 Å². The van der Waals surface area contributed by atoms with Crippen LogP contribution < -0.4 is 10.5 Å². The summed E-state index contributed by atoms with van der Waals surface area (Å²) in [5, 5.41) is 0. The largest absolute Gasteiger partial charge is 0.497 e. The molecule has 0 fully saturated rings. The smallest absolute Gasteiger partial charge is 0.184 e. The molecule has 2 N–H and O–H groups in total. The van der Waals surface area contributed by atoms with E-state index in [0.717, 1.165) is 12.0 Å². The molecular formula is C16H19NO3S. The average Bonchev–Trinajstić information content (AvgIpc) is 2.48. The van der Waals surface area contributed by atoms with Crippen molar-refractivity contribution in [2.45, 2.75) is 24.0 Å². The fourth-order valence-corrected chi connectivity index (χ4v) is 3.59. The summed E-state index contributed by atoms with van der Waals surface area (Å²) in [6.45, 7) is 2.06. The minimum absolute atomic E-state index is 0.0750. The highest BCUT2D eigenvalue weighted by Gasteiger charge is 2.19. The molecule has 0 unspecified atom stereocenters. The molecule has 0 saturated carbocycles. The van der Waals surface area contributed by atoms with E-state index in [9.17, 15) is 8.42 Å². The van der Waals surface area contributed by atoms with Crippen LogP contribution in [0.1, 0.15) is 18.1 Å². The maximum absolute atomic E-state index is 12.5. The highest BCUT2D eigenvalue weighted by atomic mass is 32.2. The first-order valence-corrected chi connectivity index (χ1v) is 8.35. The third-order valence-corrected chi connectivity index (χ3v) is 5.08. The zero-order valence-corrected chi connectivity index (χ0v) is 13.0. The Morgan fingerprint density at radius 1 is 1.05 bits per heavy atom. The van der Waals surface area contributed by atoms with Crippen LogP contribution in [0.2, 0.25) is 0 Å². The monoisotopic (exact) mass is 305 g/mol. The van der Waals surface area contributed by atoms with Gasteiger partial charge >= 0.3 is 0 Å². The molecule has 0 atom stereocenters. The van der Waals surface area contributed by atoms with E-state index in [-0.39, 0.29) is 16.3 Å². The first-order valence-electron chi connectivity index (χ1n) is 6.70. The highest BCUT2D eigenvalue weighted by molar-refractivity contribution is 7.90. The predicted octanol–water partition coefficient (Wildman–Crippen LogP) is 2.81. The van der Waals surface area contributed by atoms with Gasteiger partial charge in [-0.25, -0.2) is 8.42 Å². The number of aryl methyl sites for hydroxylation is 1. The number of nitrogens with two attached hydrogens (primary N) is 1. The number of benzene rings is 2. The Labute approximate surface area is 125 Å². The lowest BCUT2D eigenvalue weighted by molar-refractivity contribution is 0.413. The zero-order chi connectivity index (χ0) is 15.5. The van der Waals surface area contributed by atoms with Crippen molar-refractivity contribution in [2.24, 2.45) is 0 Å². The quantitative estimate of drug-likeness (QED) is 0.862. The fraction of sp³-hybridized carbons (Fsp3) is 0.250. The van der Waals surface area contributed by atoms with Gasteiger partial charge in [-0.15, -0.1) is 0 Å². The standard InChI is InChI=1S/C16H19NO3S/c1-3-12-4-6-13(7-5-12)11-21(18,19)16-10-14(20-2)8-9-15(16)17/h4-10H,3,11,17H2,1-2H3. The molecule has 2 rings (SSSR count). The molecule has 0 heterocycles. The van der Waals surface area contributed by atoms with Crippen molar-refractivity contribution >= 4 is 15.5 Å². The van der Waals surface area contributed by atoms with Crippen molar-refractivity contribution in [2.75, 3.05) is 12.8 Å². The molecular weight excluding hydrogens is 286 g/mol. The van der Waals surface area contributed by atoms with Gasteiger partial charge in [0.05, 0.1) is 23.4 Å². The number of ether oxygens (including phenoxy) is 1. The van der Waals surface area contributed by atoms with E-state index in [1.807, 2.05) is 24.3 Å². The molecule has 4 nitrogen and oxygen atoms in total. The number of methoxy groups -OCH3 is 1. The van der Waals surface area contributed by atoms with E-state index in [0.29, 0.717) is 5.75 Å². The summed E-state index contributed by atoms with van der Waals surface area (Å²) in [6.07, 6.45) is 0.926. The summed E-state index contributed by atoms with van der Waals surface area (Å²) in [7, 11) is -2.01. The van der Waals surface area contributed by atoms with Crippen LogP contribution in [-0.4, -0.2) is 15.5 Å². The maximum Gasteiger partial charge on any atom is 0.184 e. The van der Waals surface area contributed by atoms with Gasteiger partial charge < -0.3 is 10.5 Å². The second-order valence-corrected chi connectivity index (χ2v) is 6.79. The second kappa shape index (κ2) is 6.18. The summed E-state index contributed by atoms with van der Waals surface area (Å²) in [6, 6.07) is 12.2. The van der Waals surface area contributed by atoms with Gasteiger partial charge in [0.25, 0.3) is 0 Å². The molecule has 0 saturated heterocycles. The van der Waals surface area contributed by atoms with Crippen LogP contribution in [0.15, 0.2) is 47.4 Å². The van der Waals surface area contributed by atoms with Gasteiger partial charge in [0.2, 0.25) is 0 Å². The van der Waals surface area contributed by atoms with Crippen LogP contribution in [-0.2, 0) is 22.0 Å². The molecule has 0 aliphatic rings. The summed E-state index contributed by atoms with van der Waals surface area (Å²) < 4.78 is 30.1. The van der Waals surface area contributed by atoms with Crippen molar-refractivity contribution in [1.29, 1.82) is 0 Å². The van der Waals surface area contributed by atoms with Crippen LogP contribution >= 0.6 is 0 Å². The Hall–Kier alpha value is -2.01.